The smallest absolute Gasteiger partial charge is 0.179 e. The number of rotatable bonds is 7. The molecule has 12 aromatic rings. The molecule has 0 bridgehead atoms. The third kappa shape index (κ3) is 6.43. The largest absolute Gasteiger partial charge is 0.309 e. The van der Waals surface area contributed by atoms with E-state index in [-0.39, 0.29) is 0 Å². The topological polar surface area (TPSA) is 36.9 Å². The molecule has 326 valence electrons. The quantitative estimate of drug-likeness (QED) is 0.118. The first-order valence-corrected chi connectivity index (χ1v) is 26.3. The Bertz CT molecular complexity index is 3880. The summed E-state index contributed by atoms with van der Waals surface area (Å²) in [6.45, 7) is 4.36. The molecule has 10 aromatic carbocycles. The minimum absolute atomic E-state index is 0.657. The Labute approximate surface area is 406 Å². The molecule has 1 aliphatic rings. The van der Waals surface area contributed by atoms with Crippen molar-refractivity contribution in [1.29, 1.82) is 5.26 Å². The Morgan fingerprint density at radius 1 is 0.377 bits per heavy atom. The zero-order valence-electron chi connectivity index (χ0n) is 38.1. The Kier molecular flexibility index (Phi) is 9.58. The van der Waals surface area contributed by atoms with Crippen molar-refractivity contribution >= 4 is 101 Å². The van der Waals surface area contributed by atoms with Gasteiger partial charge in [0.1, 0.15) is 0 Å². The lowest BCUT2D eigenvalue weighted by Crippen LogP contribution is -2.74. The fourth-order valence-corrected chi connectivity index (χ4v) is 17.0. The van der Waals surface area contributed by atoms with Gasteiger partial charge in [0.15, 0.2) is 8.07 Å². The summed E-state index contributed by atoms with van der Waals surface area (Å²) in [5.74, 6) is 0. The maximum atomic E-state index is 9.90. The second-order valence-electron chi connectivity index (χ2n) is 18.2. The Hall–Kier alpha value is -8.34. The summed E-state index contributed by atoms with van der Waals surface area (Å²) in [6, 6.07) is 87.4. The van der Waals surface area contributed by atoms with Gasteiger partial charge in [-0.05, 0) is 132 Å². The van der Waals surface area contributed by atoms with E-state index in [4.69, 9.17) is 0 Å². The molecule has 0 atom stereocenters. The third-order valence-corrected chi connectivity index (χ3v) is 20.0. The van der Waals surface area contributed by atoms with Crippen LogP contribution in [0.25, 0.3) is 55.0 Å². The highest BCUT2D eigenvalue weighted by molar-refractivity contribution is 7.99. The molecule has 1 aliphatic heterocycles. The van der Waals surface area contributed by atoms with E-state index in [1.165, 1.54) is 58.6 Å². The molecule has 6 heteroatoms. The molecule has 13 rings (SSSR count). The molecule has 0 aliphatic carbocycles. The summed E-state index contributed by atoms with van der Waals surface area (Å²) < 4.78 is 4.79. The molecule has 0 saturated carbocycles. The van der Waals surface area contributed by atoms with Crippen LogP contribution in [-0.4, -0.2) is 17.2 Å². The van der Waals surface area contributed by atoms with E-state index in [0.717, 1.165) is 55.1 Å². The van der Waals surface area contributed by atoms with E-state index in [0.29, 0.717) is 5.56 Å². The molecule has 4 nitrogen and oxygen atoms in total. The van der Waals surface area contributed by atoms with Gasteiger partial charge in [-0.2, -0.15) is 5.26 Å². The Morgan fingerprint density at radius 2 is 0.841 bits per heavy atom. The molecule has 0 amide bonds. The molecule has 0 fully saturated rings. The van der Waals surface area contributed by atoms with Crippen LogP contribution in [0.5, 0.6) is 0 Å². The van der Waals surface area contributed by atoms with Gasteiger partial charge in [0.05, 0.1) is 45.1 Å². The monoisotopic (exact) mass is 916 g/mol. The fraction of sp³-hybridized carbons (Fsp3) is 0.0317. The number of nitriles is 1. The highest BCUT2D eigenvalue weighted by Gasteiger charge is 2.42. The van der Waals surface area contributed by atoms with Gasteiger partial charge in [0.2, 0.25) is 0 Å². The van der Waals surface area contributed by atoms with Crippen LogP contribution >= 0.6 is 11.8 Å². The average Bonchev–Trinajstić information content (AvgIpc) is 3.90. The first kappa shape index (κ1) is 40.9. The van der Waals surface area contributed by atoms with Crippen LogP contribution in [0.1, 0.15) is 16.7 Å². The first-order chi connectivity index (χ1) is 34.0. The lowest BCUT2D eigenvalue weighted by atomic mass is 10.1. The van der Waals surface area contributed by atoms with Gasteiger partial charge in [-0.3, -0.25) is 0 Å². The molecule has 69 heavy (non-hydrogen) atoms. The fourth-order valence-electron chi connectivity index (χ4n) is 11.1. The number of aryl methyl sites for hydroxylation is 2. The van der Waals surface area contributed by atoms with Crippen molar-refractivity contribution in [2.24, 2.45) is 0 Å². The van der Waals surface area contributed by atoms with Crippen molar-refractivity contribution < 1.29 is 0 Å². The summed E-state index contributed by atoms with van der Waals surface area (Å²) >= 11 is 1.83. The zero-order valence-corrected chi connectivity index (χ0v) is 40.0. The van der Waals surface area contributed by atoms with Crippen molar-refractivity contribution in [3.05, 3.63) is 247 Å². The van der Waals surface area contributed by atoms with Gasteiger partial charge < -0.3 is 14.0 Å². The molecular weight excluding hydrogens is 873 g/mol. The van der Waals surface area contributed by atoms with E-state index in [1.54, 1.807) is 0 Å². The van der Waals surface area contributed by atoms with Crippen LogP contribution in [0, 0.1) is 25.2 Å². The standard InChI is InChI=1S/C63H44N4SSi/c1-42-25-30-57-53(35-42)54-36-43(2)26-31-58(54)66(57)47-29-34-61-63(40-47)68-62-39-46(65-56-24-13-12-23-52(56)55-37-44(41-64)27-32-59(55)65)28-33-60(62)67(61)45-15-14-22-51(38-45)69(48-16-6-3-7-17-48,49-18-8-4-9-19-49)50-20-10-5-11-21-50/h3-40H,1-2H3. The molecule has 0 radical (unpaired) electrons. The number of para-hydroxylation sites is 1. The average molecular weight is 917 g/mol. The highest BCUT2D eigenvalue weighted by Crippen LogP contribution is 2.53. The van der Waals surface area contributed by atoms with Gasteiger partial charge in [0, 0.05) is 48.4 Å². The number of hydrogen-bond acceptors (Lipinski definition) is 3. The van der Waals surface area contributed by atoms with Gasteiger partial charge in [-0.25, -0.2) is 0 Å². The normalized spacial score (nSPS) is 12.4. The molecule has 0 N–H and O–H groups in total. The summed E-state index contributed by atoms with van der Waals surface area (Å²) in [5, 5.41) is 20.0. The molecule has 0 saturated heterocycles. The third-order valence-electron chi connectivity index (χ3n) is 14.1. The minimum Gasteiger partial charge on any atom is -0.309 e. The van der Waals surface area contributed by atoms with E-state index >= 15 is 0 Å². The Balaban J connectivity index is 1.05. The number of anilines is 3. The van der Waals surface area contributed by atoms with Crippen LogP contribution in [0.3, 0.4) is 0 Å². The summed E-state index contributed by atoms with van der Waals surface area (Å²) in [5.41, 5.74) is 13.3. The molecule has 0 unspecified atom stereocenters. The minimum atomic E-state index is -2.85. The van der Waals surface area contributed by atoms with Crippen molar-refractivity contribution in [2.45, 2.75) is 23.6 Å². The lowest BCUT2D eigenvalue weighted by molar-refractivity contribution is 1.11. The van der Waals surface area contributed by atoms with E-state index in [2.05, 4.69) is 252 Å². The van der Waals surface area contributed by atoms with Crippen molar-refractivity contribution in [3.63, 3.8) is 0 Å². The predicted octanol–water partition coefficient (Wildman–Crippen LogP) is 13.7. The van der Waals surface area contributed by atoms with Crippen molar-refractivity contribution in [3.8, 4) is 17.4 Å². The second kappa shape index (κ2) is 16.2. The Morgan fingerprint density at radius 3 is 1.38 bits per heavy atom. The summed E-state index contributed by atoms with van der Waals surface area (Å²) in [6.07, 6.45) is 0. The SMILES string of the molecule is Cc1ccc2c(c1)c1cc(C)ccc1n2-c1ccc2c(c1)Sc1cc(-n3c4ccccc4c4cc(C#N)ccc43)ccc1N2c1cccc([Si](c2ccccc2)(c2ccccc2)c2ccccc2)c1. The predicted molar refractivity (Wildman–Crippen MR) is 292 cm³/mol. The van der Waals surface area contributed by atoms with Crippen molar-refractivity contribution in [2.75, 3.05) is 4.90 Å². The van der Waals surface area contributed by atoms with Gasteiger partial charge in [-0.1, -0.05) is 156 Å². The van der Waals surface area contributed by atoms with Crippen LogP contribution in [-0.2, 0) is 0 Å². The number of fused-ring (bicyclic) bond motifs is 8. The van der Waals surface area contributed by atoms with Gasteiger partial charge >= 0.3 is 0 Å². The summed E-state index contributed by atoms with van der Waals surface area (Å²) in [7, 11) is -2.85. The number of aromatic nitrogens is 2. The van der Waals surface area contributed by atoms with Gasteiger partial charge in [-0.15, -0.1) is 0 Å². The maximum absolute atomic E-state index is 9.90. The van der Waals surface area contributed by atoms with Crippen LogP contribution in [0.15, 0.2) is 240 Å². The number of nitrogens with zero attached hydrogens (tertiary/aromatic N) is 4. The van der Waals surface area contributed by atoms with Crippen LogP contribution in [0.4, 0.5) is 17.1 Å². The highest BCUT2D eigenvalue weighted by atomic mass is 32.2. The summed E-state index contributed by atoms with van der Waals surface area (Å²) in [4.78, 5) is 4.82. The second-order valence-corrected chi connectivity index (χ2v) is 23.1. The first-order valence-electron chi connectivity index (χ1n) is 23.5. The number of hydrogen-bond donors (Lipinski definition) is 0. The van der Waals surface area contributed by atoms with Crippen LogP contribution < -0.4 is 25.6 Å². The zero-order chi connectivity index (χ0) is 46.2. The van der Waals surface area contributed by atoms with E-state index in [9.17, 15) is 5.26 Å². The maximum Gasteiger partial charge on any atom is 0.179 e. The molecule has 0 spiro atoms. The lowest BCUT2D eigenvalue weighted by Gasteiger charge is -2.37. The molecular formula is C63H44N4SSi. The van der Waals surface area contributed by atoms with Gasteiger partial charge in [0.25, 0.3) is 0 Å². The van der Waals surface area contributed by atoms with E-state index in [1.807, 2.05) is 23.9 Å². The van der Waals surface area contributed by atoms with Crippen LogP contribution in [0.2, 0.25) is 0 Å². The molecule has 2 aromatic heterocycles. The number of benzene rings is 10. The molecule has 3 heterocycles. The van der Waals surface area contributed by atoms with Crippen molar-refractivity contribution in [1.82, 2.24) is 9.13 Å². The van der Waals surface area contributed by atoms with E-state index < -0.39 is 8.07 Å².